The third-order valence-corrected chi connectivity index (χ3v) is 1.53. The van der Waals surface area contributed by atoms with Crippen LogP contribution in [0.4, 0.5) is 5.69 Å². The van der Waals surface area contributed by atoms with Crippen LogP contribution in [0.5, 0.6) is 0 Å². The highest BCUT2D eigenvalue weighted by Crippen LogP contribution is 2.23. The van der Waals surface area contributed by atoms with Gasteiger partial charge in [0.15, 0.2) is 0 Å². The minimum Gasteiger partial charge on any atom is -0.359 e. The average Bonchev–Trinajstić information content (AvgIpc) is 2.32. The van der Waals surface area contributed by atoms with Crippen LogP contribution in [0, 0.1) is 10.1 Å². The Labute approximate surface area is 64.4 Å². The van der Waals surface area contributed by atoms with E-state index in [-0.39, 0.29) is 16.5 Å². The summed E-state index contributed by atoms with van der Waals surface area (Å²) in [6.07, 6.45) is 1.59. The molecule has 0 atom stereocenters. The molecule has 60 valence electrons. The molecule has 4 nitrogen and oxygen atoms in total. The van der Waals surface area contributed by atoms with E-state index >= 15 is 0 Å². The standard InChI is InChI=1S/C7H10N2O2/c1-5(2)7-6(9(10)11)3-4-8-7/h3-5,8H,1-2H3. The van der Waals surface area contributed by atoms with Crippen molar-refractivity contribution in [3.8, 4) is 0 Å². The Morgan fingerprint density at radius 1 is 1.64 bits per heavy atom. The predicted octanol–water partition coefficient (Wildman–Crippen LogP) is 2.05. The largest absolute Gasteiger partial charge is 0.359 e. The molecule has 1 rings (SSSR count). The van der Waals surface area contributed by atoms with Gasteiger partial charge in [-0.1, -0.05) is 13.8 Å². The Bertz CT molecular complexity index is 265. The summed E-state index contributed by atoms with van der Waals surface area (Å²) in [4.78, 5) is 12.8. The fourth-order valence-electron chi connectivity index (χ4n) is 0.996. The van der Waals surface area contributed by atoms with Crippen LogP contribution in [0.25, 0.3) is 0 Å². The predicted molar refractivity (Wildman–Crippen MR) is 41.5 cm³/mol. The zero-order valence-corrected chi connectivity index (χ0v) is 6.50. The van der Waals surface area contributed by atoms with Gasteiger partial charge in [0.05, 0.1) is 10.6 Å². The Morgan fingerprint density at radius 2 is 2.27 bits per heavy atom. The van der Waals surface area contributed by atoms with E-state index in [1.165, 1.54) is 6.07 Å². The summed E-state index contributed by atoms with van der Waals surface area (Å²) in [6.45, 7) is 3.83. The van der Waals surface area contributed by atoms with E-state index in [1.54, 1.807) is 6.20 Å². The van der Waals surface area contributed by atoms with Crippen LogP contribution in [-0.4, -0.2) is 9.91 Å². The molecule has 4 heteroatoms. The minimum atomic E-state index is -0.369. The second kappa shape index (κ2) is 2.74. The lowest BCUT2D eigenvalue weighted by molar-refractivity contribution is -0.385. The van der Waals surface area contributed by atoms with E-state index in [1.807, 2.05) is 13.8 Å². The van der Waals surface area contributed by atoms with Gasteiger partial charge >= 0.3 is 0 Å². The lowest BCUT2D eigenvalue weighted by Crippen LogP contribution is -1.94. The van der Waals surface area contributed by atoms with Crippen molar-refractivity contribution in [2.45, 2.75) is 19.8 Å². The van der Waals surface area contributed by atoms with Gasteiger partial charge in [-0.3, -0.25) is 10.1 Å². The molecule has 11 heavy (non-hydrogen) atoms. The highest BCUT2D eigenvalue weighted by atomic mass is 16.6. The van der Waals surface area contributed by atoms with Crippen LogP contribution >= 0.6 is 0 Å². The molecule has 0 saturated heterocycles. The van der Waals surface area contributed by atoms with Gasteiger partial charge in [-0.2, -0.15) is 0 Å². The fraction of sp³-hybridized carbons (Fsp3) is 0.429. The molecule has 1 aromatic heterocycles. The number of hydrogen-bond donors (Lipinski definition) is 1. The average molecular weight is 154 g/mol. The molecule has 0 bridgehead atoms. The SMILES string of the molecule is CC(C)c1[nH]ccc1[N+](=O)[O-]. The van der Waals surface area contributed by atoms with Crippen molar-refractivity contribution in [2.75, 3.05) is 0 Å². The smallest absolute Gasteiger partial charge is 0.290 e. The van der Waals surface area contributed by atoms with E-state index in [4.69, 9.17) is 0 Å². The van der Waals surface area contributed by atoms with Gasteiger partial charge in [-0.05, 0) is 0 Å². The molecule has 0 amide bonds. The molecule has 0 saturated carbocycles. The summed E-state index contributed by atoms with van der Waals surface area (Å²) in [6, 6.07) is 1.48. The van der Waals surface area contributed by atoms with Gasteiger partial charge in [0.25, 0.3) is 5.69 Å². The van der Waals surface area contributed by atoms with Crippen molar-refractivity contribution in [3.05, 3.63) is 28.1 Å². The van der Waals surface area contributed by atoms with E-state index in [0.717, 1.165) is 0 Å². The number of rotatable bonds is 2. The molecule has 0 spiro atoms. The van der Waals surface area contributed by atoms with Crippen LogP contribution in [0.2, 0.25) is 0 Å². The van der Waals surface area contributed by atoms with E-state index in [0.29, 0.717) is 5.69 Å². The maximum absolute atomic E-state index is 10.4. The highest BCUT2D eigenvalue weighted by Gasteiger charge is 2.16. The second-order valence-electron chi connectivity index (χ2n) is 2.69. The zero-order chi connectivity index (χ0) is 8.43. The lowest BCUT2D eigenvalue weighted by atomic mass is 10.1. The molecule has 0 aromatic carbocycles. The maximum Gasteiger partial charge on any atom is 0.290 e. The minimum absolute atomic E-state index is 0.172. The third-order valence-electron chi connectivity index (χ3n) is 1.53. The molecule has 1 heterocycles. The molecule has 0 fully saturated rings. The number of aromatic nitrogens is 1. The van der Waals surface area contributed by atoms with Gasteiger partial charge in [-0.25, -0.2) is 0 Å². The first-order chi connectivity index (χ1) is 5.13. The third kappa shape index (κ3) is 1.39. The van der Waals surface area contributed by atoms with Crippen LogP contribution in [-0.2, 0) is 0 Å². The number of nitrogens with one attached hydrogen (secondary N) is 1. The van der Waals surface area contributed by atoms with Crippen molar-refractivity contribution in [1.82, 2.24) is 4.98 Å². The van der Waals surface area contributed by atoms with E-state index < -0.39 is 0 Å². The summed E-state index contributed by atoms with van der Waals surface area (Å²) in [5.41, 5.74) is 0.870. The van der Waals surface area contributed by atoms with Gasteiger partial charge in [-0.15, -0.1) is 0 Å². The maximum atomic E-state index is 10.4. The second-order valence-corrected chi connectivity index (χ2v) is 2.69. The molecular formula is C7H10N2O2. The number of nitrogens with zero attached hydrogens (tertiary/aromatic N) is 1. The van der Waals surface area contributed by atoms with Crippen molar-refractivity contribution in [1.29, 1.82) is 0 Å². The molecule has 1 aromatic rings. The number of hydrogen-bond acceptors (Lipinski definition) is 2. The molecule has 0 radical (unpaired) electrons. The molecule has 0 aliphatic carbocycles. The van der Waals surface area contributed by atoms with E-state index in [9.17, 15) is 10.1 Å². The quantitative estimate of drug-likeness (QED) is 0.523. The van der Waals surface area contributed by atoms with Gasteiger partial charge in [0.1, 0.15) is 0 Å². The van der Waals surface area contributed by atoms with Crippen molar-refractivity contribution in [3.63, 3.8) is 0 Å². The summed E-state index contributed by atoms with van der Waals surface area (Å²) >= 11 is 0. The number of aromatic amines is 1. The fourth-order valence-corrected chi connectivity index (χ4v) is 0.996. The first-order valence-electron chi connectivity index (χ1n) is 3.44. The Morgan fingerprint density at radius 3 is 2.64 bits per heavy atom. The van der Waals surface area contributed by atoms with Crippen LogP contribution in [0.3, 0.4) is 0 Å². The lowest BCUT2D eigenvalue weighted by Gasteiger charge is -1.99. The van der Waals surface area contributed by atoms with Gasteiger partial charge in [0.2, 0.25) is 0 Å². The molecule has 0 aliphatic heterocycles. The van der Waals surface area contributed by atoms with Gasteiger partial charge in [0, 0.05) is 18.2 Å². The molecule has 0 aliphatic rings. The normalized spacial score (nSPS) is 10.5. The van der Waals surface area contributed by atoms with Crippen molar-refractivity contribution >= 4 is 5.69 Å². The number of H-pyrrole nitrogens is 1. The first-order valence-corrected chi connectivity index (χ1v) is 3.44. The molecule has 1 N–H and O–H groups in total. The summed E-state index contributed by atoms with van der Waals surface area (Å²) in [5.74, 6) is 0.172. The Balaban J connectivity index is 3.06. The Kier molecular flexibility index (Phi) is 1.94. The molecule has 0 unspecified atom stereocenters. The molecular weight excluding hydrogens is 144 g/mol. The number of nitro groups is 1. The highest BCUT2D eigenvalue weighted by molar-refractivity contribution is 5.37. The van der Waals surface area contributed by atoms with Gasteiger partial charge < -0.3 is 4.98 Å². The van der Waals surface area contributed by atoms with Crippen molar-refractivity contribution < 1.29 is 4.92 Å². The topological polar surface area (TPSA) is 58.9 Å². The van der Waals surface area contributed by atoms with Crippen LogP contribution in [0.1, 0.15) is 25.5 Å². The summed E-state index contributed by atoms with van der Waals surface area (Å²) < 4.78 is 0. The van der Waals surface area contributed by atoms with Crippen molar-refractivity contribution in [2.24, 2.45) is 0 Å². The summed E-state index contributed by atoms with van der Waals surface area (Å²) in [7, 11) is 0. The van der Waals surface area contributed by atoms with E-state index in [2.05, 4.69) is 4.98 Å². The van der Waals surface area contributed by atoms with Crippen LogP contribution < -0.4 is 0 Å². The zero-order valence-electron chi connectivity index (χ0n) is 6.50. The monoisotopic (exact) mass is 154 g/mol. The first kappa shape index (κ1) is 7.78. The van der Waals surface area contributed by atoms with Crippen LogP contribution in [0.15, 0.2) is 12.3 Å². The summed E-state index contributed by atoms with van der Waals surface area (Å²) in [5, 5.41) is 10.4. The Hall–Kier alpha value is -1.32.